The number of hydrogen-bond acceptors (Lipinski definition) is 5. The zero-order valence-corrected chi connectivity index (χ0v) is 19.7. The second kappa shape index (κ2) is 10.2. The lowest BCUT2D eigenvalue weighted by atomic mass is 10.00. The number of hydrogen-bond donors (Lipinski definition) is 2. The monoisotopic (exact) mass is 544 g/mol. The molecule has 0 spiro atoms. The van der Waals surface area contributed by atoms with Crippen molar-refractivity contribution in [2.45, 2.75) is 12.4 Å². The normalized spacial score (nSPS) is 11.7. The van der Waals surface area contributed by atoms with Crippen LogP contribution in [0, 0.1) is 0 Å². The van der Waals surface area contributed by atoms with E-state index in [1.807, 2.05) is 0 Å². The van der Waals surface area contributed by atoms with Crippen molar-refractivity contribution >= 4 is 22.9 Å². The number of benzene rings is 4. The molecule has 4 rings (SSSR count). The summed E-state index contributed by atoms with van der Waals surface area (Å²) in [6.07, 6.45) is -9.33. The van der Waals surface area contributed by atoms with Crippen molar-refractivity contribution in [2.75, 3.05) is 11.5 Å². The average molecular weight is 544 g/mol. The van der Waals surface area contributed by atoms with Gasteiger partial charge in [0.1, 0.15) is 11.5 Å². The van der Waals surface area contributed by atoms with Crippen molar-refractivity contribution in [2.24, 2.45) is 0 Å². The number of nitrogens with two attached hydrogens (primary N) is 2. The van der Waals surface area contributed by atoms with Gasteiger partial charge in [0.05, 0.1) is 11.1 Å². The molecule has 39 heavy (non-hydrogen) atoms. The van der Waals surface area contributed by atoms with Gasteiger partial charge in [0.2, 0.25) is 0 Å². The van der Waals surface area contributed by atoms with Crippen molar-refractivity contribution < 1.29 is 40.7 Å². The quantitative estimate of drug-likeness (QED) is 0.153. The lowest BCUT2D eigenvalue weighted by molar-refractivity contribution is -0.138. The van der Waals surface area contributed by atoms with Crippen molar-refractivity contribution in [3.05, 3.63) is 118 Å². The highest BCUT2D eigenvalue weighted by Gasteiger charge is 2.32. The van der Waals surface area contributed by atoms with Crippen LogP contribution in [0.5, 0.6) is 11.5 Å². The number of carbonyl (C=O) groups is 2. The van der Waals surface area contributed by atoms with E-state index in [9.17, 15) is 35.9 Å². The van der Waals surface area contributed by atoms with E-state index in [-0.39, 0.29) is 45.1 Å². The summed E-state index contributed by atoms with van der Waals surface area (Å²) >= 11 is 0. The minimum Gasteiger partial charge on any atom is -0.457 e. The van der Waals surface area contributed by atoms with E-state index in [1.165, 1.54) is 48.5 Å². The van der Waals surface area contributed by atoms with Gasteiger partial charge in [-0.3, -0.25) is 9.59 Å². The first-order valence-corrected chi connectivity index (χ1v) is 11.1. The van der Waals surface area contributed by atoms with Gasteiger partial charge in [0.15, 0.2) is 11.6 Å². The maximum atomic E-state index is 13.1. The van der Waals surface area contributed by atoms with Crippen LogP contribution in [0.15, 0.2) is 84.9 Å². The van der Waals surface area contributed by atoms with Gasteiger partial charge in [0.25, 0.3) is 0 Å². The van der Waals surface area contributed by atoms with Gasteiger partial charge in [-0.2, -0.15) is 26.3 Å². The number of rotatable bonds is 6. The molecular weight excluding hydrogens is 526 g/mol. The molecule has 4 N–H and O–H groups in total. The second-order valence-electron chi connectivity index (χ2n) is 8.49. The standard InChI is InChI=1S/C28H18F6N2O3/c29-27(30,31)19-9-17(11-21(35)13-19)25(37)15-1-5-23(6-2-15)39-24-7-3-16(4-8-24)26(38)18-10-20(28(32,33)34)14-22(36)12-18/h1-14H,35-36H2. The first-order chi connectivity index (χ1) is 18.2. The Morgan fingerprint density at radius 2 is 0.846 bits per heavy atom. The molecule has 11 heteroatoms. The summed E-state index contributed by atoms with van der Waals surface area (Å²) in [5.41, 5.74) is 8.33. The Hall–Kier alpha value is -4.80. The molecule has 0 radical (unpaired) electrons. The van der Waals surface area contributed by atoms with Crippen molar-refractivity contribution in [3.63, 3.8) is 0 Å². The fourth-order valence-electron chi connectivity index (χ4n) is 3.71. The largest absolute Gasteiger partial charge is 0.457 e. The zero-order valence-electron chi connectivity index (χ0n) is 19.7. The molecule has 4 aromatic carbocycles. The Balaban J connectivity index is 1.47. The molecule has 0 aliphatic carbocycles. The van der Waals surface area contributed by atoms with E-state index in [1.54, 1.807) is 0 Å². The van der Waals surface area contributed by atoms with Crippen LogP contribution >= 0.6 is 0 Å². The summed E-state index contributed by atoms with van der Waals surface area (Å²) in [7, 11) is 0. The Morgan fingerprint density at radius 1 is 0.513 bits per heavy atom. The van der Waals surface area contributed by atoms with Gasteiger partial charge < -0.3 is 16.2 Å². The molecule has 0 bridgehead atoms. The maximum Gasteiger partial charge on any atom is 0.416 e. The summed E-state index contributed by atoms with van der Waals surface area (Å²) in [4.78, 5) is 25.4. The molecule has 0 saturated heterocycles. The number of anilines is 2. The van der Waals surface area contributed by atoms with E-state index in [0.29, 0.717) is 0 Å². The van der Waals surface area contributed by atoms with Crippen LogP contribution < -0.4 is 16.2 Å². The van der Waals surface area contributed by atoms with Gasteiger partial charge in [0, 0.05) is 33.6 Å². The molecule has 4 aromatic rings. The van der Waals surface area contributed by atoms with Gasteiger partial charge in [-0.1, -0.05) is 0 Å². The van der Waals surface area contributed by atoms with E-state index in [2.05, 4.69) is 0 Å². The Bertz CT molecular complexity index is 1430. The summed E-state index contributed by atoms with van der Waals surface area (Å²) in [6.45, 7) is 0. The van der Waals surface area contributed by atoms with Crippen LogP contribution in [-0.2, 0) is 12.4 Å². The third-order valence-corrected chi connectivity index (χ3v) is 5.56. The molecule has 0 aliphatic rings. The van der Waals surface area contributed by atoms with Crippen LogP contribution in [0.25, 0.3) is 0 Å². The zero-order chi connectivity index (χ0) is 28.5. The Labute approximate surface area is 217 Å². The van der Waals surface area contributed by atoms with Crippen LogP contribution in [-0.4, -0.2) is 11.6 Å². The molecule has 0 heterocycles. The third kappa shape index (κ3) is 6.38. The number of nitrogen functional groups attached to an aromatic ring is 2. The van der Waals surface area contributed by atoms with Gasteiger partial charge in [-0.05, 0) is 84.9 Å². The third-order valence-electron chi connectivity index (χ3n) is 5.56. The molecule has 200 valence electrons. The van der Waals surface area contributed by atoms with Crippen molar-refractivity contribution in [3.8, 4) is 11.5 Å². The molecule has 0 aromatic heterocycles. The van der Waals surface area contributed by atoms with Crippen LogP contribution in [0.2, 0.25) is 0 Å². The highest BCUT2D eigenvalue weighted by Crippen LogP contribution is 2.33. The van der Waals surface area contributed by atoms with Crippen molar-refractivity contribution in [1.82, 2.24) is 0 Å². The lowest BCUT2D eigenvalue weighted by Gasteiger charge is -2.11. The van der Waals surface area contributed by atoms with Crippen LogP contribution in [0.4, 0.5) is 37.7 Å². The van der Waals surface area contributed by atoms with Gasteiger partial charge >= 0.3 is 12.4 Å². The number of ketones is 2. The topological polar surface area (TPSA) is 95.4 Å². The number of carbonyl (C=O) groups excluding carboxylic acids is 2. The molecule has 0 aliphatic heterocycles. The first-order valence-electron chi connectivity index (χ1n) is 11.1. The van der Waals surface area contributed by atoms with E-state index >= 15 is 0 Å². The predicted octanol–water partition coefficient (Wildman–Crippen LogP) is 7.14. The second-order valence-corrected chi connectivity index (χ2v) is 8.49. The molecule has 0 unspecified atom stereocenters. The number of alkyl halides is 6. The summed E-state index contributed by atoms with van der Waals surface area (Å²) in [6, 6.07) is 16.4. The minimum absolute atomic E-state index is 0.0994. The summed E-state index contributed by atoms with van der Waals surface area (Å²) < 4.78 is 84.0. The molecule has 0 amide bonds. The summed E-state index contributed by atoms with van der Waals surface area (Å²) in [5, 5.41) is 0. The Morgan fingerprint density at radius 3 is 1.15 bits per heavy atom. The highest BCUT2D eigenvalue weighted by molar-refractivity contribution is 6.10. The minimum atomic E-state index is -4.66. The predicted molar refractivity (Wildman–Crippen MR) is 132 cm³/mol. The SMILES string of the molecule is Nc1cc(C(=O)c2ccc(Oc3ccc(C(=O)c4cc(N)cc(C(F)(F)F)c4)cc3)cc2)cc(C(F)(F)F)c1. The van der Waals surface area contributed by atoms with Crippen LogP contribution in [0.1, 0.15) is 43.0 Å². The first kappa shape index (κ1) is 27.2. The lowest BCUT2D eigenvalue weighted by Crippen LogP contribution is -2.09. The molecule has 0 fully saturated rings. The van der Waals surface area contributed by atoms with E-state index in [0.717, 1.165) is 36.4 Å². The smallest absolute Gasteiger partial charge is 0.416 e. The molecule has 5 nitrogen and oxygen atoms in total. The molecule has 0 atom stereocenters. The molecule has 0 saturated carbocycles. The average Bonchev–Trinajstić information content (AvgIpc) is 2.87. The van der Waals surface area contributed by atoms with Gasteiger partial charge in [-0.25, -0.2) is 0 Å². The number of halogens is 6. The maximum absolute atomic E-state index is 13.1. The van der Waals surface area contributed by atoms with E-state index in [4.69, 9.17) is 16.2 Å². The molecular formula is C28H18F6N2O3. The fraction of sp³-hybridized carbons (Fsp3) is 0.0714. The van der Waals surface area contributed by atoms with Crippen LogP contribution in [0.3, 0.4) is 0 Å². The summed E-state index contributed by atoms with van der Waals surface area (Å²) in [5.74, 6) is -0.783. The van der Waals surface area contributed by atoms with Gasteiger partial charge in [-0.15, -0.1) is 0 Å². The Kier molecular flexibility index (Phi) is 7.10. The highest BCUT2D eigenvalue weighted by atomic mass is 19.4. The number of ether oxygens (including phenoxy) is 1. The fourth-order valence-corrected chi connectivity index (χ4v) is 3.71. The van der Waals surface area contributed by atoms with E-state index < -0.39 is 35.0 Å². The van der Waals surface area contributed by atoms with Crippen molar-refractivity contribution in [1.29, 1.82) is 0 Å².